The number of thiocarbonyl (C=S) groups is 1. The van der Waals surface area contributed by atoms with Gasteiger partial charge in [-0.25, -0.2) is 0 Å². The van der Waals surface area contributed by atoms with Crippen molar-refractivity contribution in [2.75, 3.05) is 20.8 Å². The van der Waals surface area contributed by atoms with Crippen molar-refractivity contribution in [2.45, 2.75) is 26.3 Å². The predicted octanol–water partition coefficient (Wildman–Crippen LogP) is 4.47. The molecule has 2 aromatic carbocycles. The van der Waals surface area contributed by atoms with Crippen LogP contribution in [0.3, 0.4) is 0 Å². The van der Waals surface area contributed by atoms with E-state index in [1.807, 2.05) is 36.4 Å². The number of ketones is 1. The number of methoxy groups -OCH3 is 2. The van der Waals surface area contributed by atoms with E-state index in [1.165, 1.54) is 26.0 Å². The molecule has 3 aromatic rings. The smallest absolute Gasteiger partial charge is 0.271 e. The number of hydrogen-bond acceptors (Lipinski definition) is 9. The van der Waals surface area contributed by atoms with Crippen LogP contribution in [0.25, 0.3) is 6.08 Å². The lowest BCUT2D eigenvalue weighted by Crippen LogP contribution is -2.31. The number of carbonyl (C=O) groups excluding carboxylic acids is 2. The van der Waals surface area contributed by atoms with Crippen LogP contribution in [0.5, 0.6) is 17.4 Å². The summed E-state index contributed by atoms with van der Waals surface area (Å²) in [5.74, 6) is -0.296. The first-order valence-electron chi connectivity index (χ1n) is 12.6. The Morgan fingerprint density at radius 1 is 1.10 bits per heavy atom. The number of hydrogen-bond donors (Lipinski definition) is 1. The summed E-state index contributed by atoms with van der Waals surface area (Å²) in [7, 11) is 3.03. The van der Waals surface area contributed by atoms with Crippen LogP contribution < -0.4 is 15.0 Å². The highest BCUT2D eigenvalue weighted by Gasteiger charge is 2.33. The normalized spacial score (nSPS) is 13.9. The van der Waals surface area contributed by atoms with Crippen LogP contribution in [0.15, 0.2) is 58.2 Å². The van der Waals surface area contributed by atoms with E-state index in [0.717, 1.165) is 27.5 Å². The maximum atomic E-state index is 13.4. The van der Waals surface area contributed by atoms with Gasteiger partial charge in [0.2, 0.25) is 5.88 Å². The molecule has 0 atom stereocenters. The first kappa shape index (κ1) is 29.6. The molecule has 1 amide bonds. The molecule has 9 nitrogen and oxygen atoms in total. The van der Waals surface area contributed by atoms with Crippen molar-refractivity contribution < 1.29 is 24.2 Å². The Labute approximate surface area is 246 Å². The van der Waals surface area contributed by atoms with Gasteiger partial charge in [0, 0.05) is 19.5 Å². The van der Waals surface area contributed by atoms with Crippen molar-refractivity contribution in [2.24, 2.45) is 0 Å². The summed E-state index contributed by atoms with van der Waals surface area (Å²) in [5.41, 5.74) is 0.690. The minimum absolute atomic E-state index is 0.00830. The summed E-state index contributed by atoms with van der Waals surface area (Å²) < 4.78 is 11.9. The van der Waals surface area contributed by atoms with Gasteiger partial charge in [-0.3, -0.25) is 23.9 Å². The summed E-state index contributed by atoms with van der Waals surface area (Å²) >= 11 is 6.54. The number of aromatic hydroxyl groups is 1. The molecule has 41 heavy (non-hydrogen) atoms. The second-order valence-electron chi connectivity index (χ2n) is 9.12. The Kier molecular flexibility index (Phi) is 9.27. The number of nitriles is 1. The fraction of sp³-hybridized carbons (Fsp3) is 0.233. The van der Waals surface area contributed by atoms with Crippen LogP contribution in [-0.4, -0.2) is 51.3 Å². The van der Waals surface area contributed by atoms with E-state index in [0.29, 0.717) is 27.1 Å². The molecule has 0 bridgehead atoms. The number of amides is 1. The van der Waals surface area contributed by atoms with Gasteiger partial charge in [0.25, 0.3) is 11.5 Å². The maximum absolute atomic E-state index is 13.4. The van der Waals surface area contributed by atoms with E-state index in [2.05, 4.69) is 0 Å². The standard InChI is InChI=1S/C30H27N3O6S2/c1-18-21(17-31)27(35)32(13-11-20-9-10-23(38-2)24(15-20)39-3)29(37)26(18)22(34)12-14-33-28(36)25(41-30(33)40)16-19-7-5-4-6-8-19/h4-10,15-16,37H,11-14H2,1-3H3/b25-16-. The third-order valence-electron chi connectivity index (χ3n) is 6.68. The lowest BCUT2D eigenvalue weighted by atomic mass is 9.99. The predicted molar refractivity (Wildman–Crippen MR) is 160 cm³/mol. The number of thioether (sulfide) groups is 1. The highest BCUT2D eigenvalue weighted by atomic mass is 32.2. The monoisotopic (exact) mass is 589 g/mol. The molecule has 1 aliphatic rings. The second kappa shape index (κ2) is 12.8. The third-order valence-corrected chi connectivity index (χ3v) is 8.06. The van der Waals surface area contributed by atoms with Gasteiger partial charge in [-0.15, -0.1) is 0 Å². The Morgan fingerprint density at radius 2 is 1.80 bits per heavy atom. The number of aryl methyl sites for hydroxylation is 1. The molecule has 1 aromatic heterocycles. The average Bonchev–Trinajstić information content (AvgIpc) is 3.23. The zero-order valence-corrected chi connectivity index (χ0v) is 24.3. The Morgan fingerprint density at radius 3 is 2.46 bits per heavy atom. The third kappa shape index (κ3) is 6.19. The first-order chi connectivity index (χ1) is 19.7. The fourth-order valence-electron chi connectivity index (χ4n) is 4.50. The van der Waals surface area contributed by atoms with E-state index in [4.69, 9.17) is 21.7 Å². The molecule has 0 unspecified atom stereocenters. The number of pyridine rings is 1. The van der Waals surface area contributed by atoms with Crippen LogP contribution >= 0.6 is 24.0 Å². The number of Topliss-reactive ketones (excluding diaryl/α,β-unsaturated/α-hetero) is 1. The van der Waals surface area contributed by atoms with E-state index < -0.39 is 17.2 Å². The van der Waals surface area contributed by atoms with Gasteiger partial charge in [0.05, 0.1) is 24.7 Å². The molecule has 1 N–H and O–H groups in total. The van der Waals surface area contributed by atoms with Gasteiger partial charge in [-0.2, -0.15) is 5.26 Å². The molecule has 210 valence electrons. The van der Waals surface area contributed by atoms with Crippen molar-refractivity contribution in [1.82, 2.24) is 9.47 Å². The summed E-state index contributed by atoms with van der Waals surface area (Å²) in [6.07, 6.45) is 1.88. The van der Waals surface area contributed by atoms with Gasteiger partial charge >= 0.3 is 0 Å². The van der Waals surface area contributed by atoms with Crippen molar-refractivity contribution >= 4 is 46.1 Å². The fourth-order valence-corrected chi connectivity index (χ4v) is 5.81. The largest absolute Gasteiger partial charge is 0.494 e. The minimum atomic E-state index is -0.692. The highest BCUT2D eigenvalue weighted by Crippen LogP contribution is 2.33. The molecular formula is C30H27N3O6S2. The molecule has 0 aliphatic carbocycles. The lowest BCUT2D eigenvalue weighted by molar-refractivity contribution is -0.122. The SMILES string of the molecule is COc1ccc(CCn2c(O)c(C(=O)CCN3C(=O)/C(=C/c4ccccc4)SC3=S)c(C)c(C#N)c2=O)cc1OC. The molecule has 11 heteroatoms. The van der Waals surface area contributed by atoms with Gasteiger partial charge < -0.3 is 14.6 Å². The van der Waals surface area contributed by atoms with Crippen molar-refractivity contribution in [3.63, 3.8) is 0 Å². The zero-order chi connectivity index (χ0) is 29.7. The van der Waals surface area contributed by atoms with Gasteiger partial charge in [-0.1, -0.05) is 60.4 Å². The Bertz CT molecular complexity index is 1660. The van der Waals surface area contributed by atoms with Crippen LogP contribution in [0, 0.1) is 18.3 Å². The average molecular weight is 590 g/mol. The minimum Gasteiger partial charge on any atom is -0.494 e. The zero-order valence-electron chi connectivity index (χ0n) is 22.7. The molecule has 0 spiro atoms. The van der Waals surface area contributed by atoms with E-state index in [9.17, 15) is 24.8 Å². The Hall–Kier alpha value is -4.40. The van der Waals surface area contributed by atoms with Crippen LogP contribution in [0.1, 0.15) is 39.0 Å². The number of ether oxygens (including phenoxy) is 2. The second-order valence-corrected chi connectivity index (χ2v) is 10.8. The number of carbonyl (C=O) groups is 2. The molecule has 0 saturated carbocycles. The lowest BCUT2D eigenvalue weighted by Gasteiger charge is -2.17. The Balaban J connectivity index is 1.55. The molecule has 4 rings (SSSR count). The van der Waals surface area contributed by atoms with Crippen LogP contribution in [0.4, 0.5) is 0 Å². The molecule has 1 saturated heterocycles. The number of aromatic nitrogens is 1. The summed E-state index contributed by atoms with van der Waals surface area (Å²) in [6.45, 7) is 1.45. The van der Waals surface area contributed by atoms with Crippen molar-refractivity contribution in [3.05, 3.63) is 91.6 Å². The molecule has 2 heterocycles. The van der Waals surface area contributed by atoms with Crippen LogP contribution in [-0.2, 0) is 17.8 Å². The molecule has 1 aliphatic heterocycles. The van der Waals surface area contributed by atoms with Crippen molar-refractivity contribution in [3.8, 4) is 23.4 Å². The van der Waals surface area contributed by atoms with E-state index >= 15 is 0 Å². The summed E-state index contributed by atoms with van der Waals surface area (Å²) in [4.78, 5) is 41.2. The molecule has 0 radical (unpaired) electrons. The summed E-state index contributed by atoms with van der Waals surface area (Å²) in [5, 5.41) is 20.8. The van der Waals surface area contributed by atoms with E-state index in [1.54, 1.807) is 24.3 Å². The van der Waals surface area contributed by atoms with Crippen LogP contribution in [0.2, 0.25) is 0 Å². The van der Waals surface area contributed by atoms with E-state index in [-0.39, 0.29) is 42.1 Å². The molecule has 1 fully saturated rings. The number of rotatable bonds is 10. The highest BCUT2D eigenvalue weighted by molar-refractivity contribution is 8.26. The number of benzene rings is 2. The van der Waals surface area contributed by atoms with Gasteiger partial charge in [0.1, 0.15) is 16.0 Å². The summed E-state index contributed by atoms with van der Waals surface area (Å²) in [6, 6.07) is 16.5. The topological polar surface area (TPSA) is 122 Å². The van der Waals surface area contributed by atoms with Crippen molar-refractivity contribution in [1.29, 1.82) is 5.26 Å². The number of nitrogens with zero attached hydrogens (tertiary/aromatic N) is 3. The first-order valence-corrected chi connectivity index (χ1v) is 13.8. The quantitative estimate of drug-likeness (QED) is 0.207. The van der Waals surface area contributed by atoms with Gasteiger partial charge in [-0.05, 0) is 48.2 Å². The maximum Gasteiger partial charge on any atom is 0.271 e. The van der Waals surface area contributed by atoms with Gasteiger partial charge in [0.15, 0.2) is 17.3 Å². The molecular weight excluding hydrogens is 562 g/mol.